The van der Waals surface area contributed by atoms with E-state index in [9.17, 15) is 4.79 Å². The molecule has 2 N–H and O–H groups in total. The molecule has 3 heterocycles. The van der Waals surface area contributed by atoms with E-state index < -0.39 is 0 Å². The summed E-state index contributed by atoms with van der Waals surface area (Å²) in [7, 11) is 3.53. The van der Waals surface area contributed by atoms with Crippen LogP contribution in [0.4, 0.5) is 11.6 Å². The van der Waals surface area contributed by atoms with Crippen molar-refractivity contribution in [3.63, 3.8) is 0 Å². The molecule has 0 atom stereocenters. The molecule has 0 spiro atoms. The maximum absolute atomic E-state index is 13.0. The Morgan fingerprint density at radius 2 is 1.86 bits per heavy atom. The lowest BCUT2D eigenvalue weighted by atomic mass is 9.92. The van der Waals surface area contributed by atoms with E-state index in [0.717, 1.165) is 16.8 Å². The monoisotopic (exact) mass is 471 g/mol. The number of aryl methyl sites for hydroxylation is 2. The van der Waals surface area contributed by atoms with Gasteiger partial charge in [0.25, 0.3) is 5.91 Å². The number of amides is 1. The molecule has 0 unspecified atom stereocenters. The molecule has 4 aromatic rings. The lowest BCUT2D eigenvalue weighted by Crippen LogP contribution is -2.16. The number of nitrogens with zero attached hydrogens (tertiary/aromatic N) is 5. The SMILES string of the molecule is CNc1nccc(-c2cccnc2Oc2cc(NC(=O)c3cc(C(C)(C)C)nn3C)ccc2C)n1. The summed E-state index contributed by atoms with van der Waals surface area (Å²) in [5.74, 6) is 1.24. The molecule has 1 aromatic carbocycles. The van der Waals surface area contributed by atoms with Crippen molar-refractivity contribution in [2.24, 2.45) is 7.05 Å². The third-order valence-corrected chi connectivity index (χ3v) is 5.46. The van der Waals surface area contributed by atoms with Gasteiger partial charge in [-0.15, -0.1) is 0 Å². The van der Waals surface area contributed by atoms with E-state index in [2.05, 4.69) is 51.5 Å². The lowest BCUT2D eigenvalue weighted by molar-refractivity contribution is 0.101. The Morgan fingerprint density at radius 3 is 2.57 bits per heavy atom. The first-order chi connectivity index (χ1) is 16.7. The first kappa shape index (κ1) is 23.9. The van der Waals surface area contributed by atoms with Gasteiger partial charge in [0.1, 0.15) is 11.4 Å². The van der Waals surface area contributed by atoms with E-state index in [-0.39, 0.29) is 11.3 Å². The molecule has 3 aromatic heterocycles. The average molecular weight is 472 g/mol. The summed E-state index contributed by atoms with van der Waals surface area (Å²) >= 11 is 0. The molecule has 9 heteroatoms. The van der Waals surface area contributed by atoms with E-state index in [1.165, 1.54) is 0 Å². The minimum absolute atomic E-state index is 0.154. The van der Waals surface area contributed by atoms with Crippen LogP contribution in [0.3, 0.4) is 0 Å². The zero-order valence-corrected chi connectivity index (χ0v) is 20.7. The van der Waals surface area contributed by atoms with Gasteiger partial charge >= 0.3 is 0 Å². The standard InChI is InChI=1S/C26H29N7O2/c1-16-9-10-17(30-23(34)20-15-22(26(2,3)4)32-33(20)6)14-21(16)35-24-18(8-7-12-28-24)19-11-13-29-25(27-5)31-19/h7-15H,1-6H3,(H,30,34)(H,27,29,31). The molecular formula is C26H29N7O2. The largest absolute Gasteiger partial charge is 0.438 e. The van der Waals surface area contributed by atoms with Gasteiger partial charge in [-0.25, -0.2) is 15.0 Å². The molecular weight excluding hydrogens is 442 g/mol. The van der Waals surface area contributed by atoms with Gasteiger partial charge < -0.3 is 15.4 Å². The highest BCUT2D eigenvalue weighted by molar-refractivity contribution is 6.03. The second-order valence-electron chi connectivity index (χ2n) is 9.20. The van der Waals surface area contributed by atoms with Gasteiger partial charge in [0.05, 0.1) is 17.0 Å². The number of hydrogen-bond donors (Lipinski definition) is 2. The molecule has 0 aliphatic heterocycles. The Kier molecular flexibility index (Phi) is 6.50. The number of pyridine rings is 1. The summed E-state index contributed by atoms with van der Waals surface area (Å²) in [5, 5.41) is 10.4. The number of nitrogens with one attached hydrogen (secondary N) is 2. The first-order valence-electron chi connectivity index (χ1n) is 11.3. The van der Waals surface area contributed by atoms with Crippen molar-refractivity contribution in [1.29, 1.82) is 0 Å². The highest BCUT2D eigenvalue weighted by atomic mass is 16.5. The Bertz CT molecular complexity index is 1370. The normalized spacial score (nSPS) is 11.3. The number of carbonyl (C=O) groups excluding carboxylic acids is 1. The Morgan fingerprint density at radius 1 is 1.06 bits per heavy atom. The van der Waals surface area contributed by atoms with Crippen molar-refractivity contribution in [3.05, 3.63) is 71.8 Å². The highest BCUT2D eigenvalue weighted by Crippen LogP contribution is 2.33. The lowest BCUT2D eigenvalue weighted by Gasteiger charge is -2.14. The number of anilines is 2. The average Bonchev–Trinajstić information content (AvgIpc) is 3.24. The van der Waals surface area contributed by atoms with Crippen LogP contribution < -0.4 is 15.4 Å². The third-order valence-electron chi connectivity index (χ3n) is 5.46. The number of rotatable bonds is 6. The molecule has 0 aliphatic rings. The van der Waals surface area contributed by atoms with Crippen molar-refractivity contribution in [3.8, 4) is 22.9 Å². The predicted molar refractivity (Wildman–Crippen MR) is 136 cm³/mol. The molecule has 0 saturated carbocycles. The van der Waals surface area contributed by atoms with Crippen LogP contribution in [0.2, 0.25) is 0 Å². The van der Waals surface area contributed by atoms with Crippen LogP contribution in [0.1, 0.15) is 42.5 Å². The number of ether oxygens (including phenoxy) is 1. The summed E-state index contributed by atoms with van der Waals surface area (Å²) in [5.41, 5.74) is 4.09. The summed E-state index contributed by atoms with van der Waals surface area (Å²) in [6, 6.07) is 12.8. The quantitative estimate of drug-likeness (QED) is 0.409. The van der Waals surface area contributed by atoms with Crippen LogP contribution in [0.15, 0.2) is 54.9 Å². The number of carbonyl (C=O) groups is 1. The number of aromatic nitrogens is 5. The van der Waals surface area contributed by atoms with E-state index in [4.69, 9.17) is 4.74 Å². The van der Waals surface area contributed by atoms with Gasteiger partial charge in [-0.3, -0.25) is 9.48 Å². The fraction of sp³-hybridized carbons (Fsp3) is 0.269. The second kappa shape index (κ2) is 9.54. The number of benzene rings is 1. The second-order valence-corrected chi connectivity index (χ2v) is 9.20. The molecule has 0 aliphatic carbocycles. The van der Waals surface area contributed by atoms with Crippen LogP contribution >= 0.6 is 0 Å². The van der Waals surface area contributed by atoms with Crippen LogP contribution in [-0.4, -0.2) is 37.7 Å². The zero-order chi connectivity index (χ0) is 25.2. The molecule has 0 radical (unpaired) electrons. The molecule has 9 nitrogen and oxygen atoms in total. The summed E-state index contributed by atoms with van der Waals surface area (Å²) in [6.45, 7) is 8.12. The van der Waals surface area contributed by atoms with Crippen molar-refractivity contribution in [1.82, 2.24) is 24.7 Å². The summed E-state index contributed by atoms with van der Waals surface area (Å²) < 4.78 is 7.81. The van der Waals surface area contributed by atoms with Crippen LogP contribution in [-0.2, 0) is 12.5 Å². The highest BCUT2D eigenvalue weighted by Gasteiger charge is 2.22. The van der Waals surface area contributed by atoms with Crippen molar-refractivity contribution < 1.29 is 9.53 Å². The fourth-order valence-electron chi connectivity index (χ4n) is 3.43. The van der Waals surface area contributed by atoms with Crippen LogP contribution in [0.25, 0.3) is 11.3 Å². The third kappa shape index (κ3) is 5.29. The van der Waals surface area contributed by atoms with Gasteiger partial charge in [0, 0.05) is 43.7 Å². The fourth-order valence-corrected chi connectivity index (χ4v) is 3.43. The van der Waals surface area contributed by atoms with Gasteiger partial charge in [-0.2, -0.15) is 5.10 Å². The van der Waals surface area contributed by atoms with Gasteiger partial charge in [0.15, 0.2) is 0 Å². The number of hydrogen-bond acceptors (Lipinski definition) is 7. The minimum Gasteiger partial charge on any atom is -0.438 e. The van der Waals surface area contributed by atoms with Crippen molar-refractivity contribution >= 4 is 17.5 Å². The van der Waals surface area contributed by atoms with E-state index >= 15 is 0 Å². The van der Waals surface area contributed by atoms with Crippen molar-refractivity contribution in [2.75, 3.05) is 17.7 Å². The smallest absolute Gasteiger partial charge is 0.273 e. The minimum atomic E-state index is -0.246. The van der Waals surface area contributed by atoms with Crippen molar-refractivity contribution in [2.45, 2.75) is 33.1 Å². The molecule has 1 amide bonds. The maximum atomic E-state index is 13.0. The first-order valence-corrected chi connectivity index (χ1v) is 11.3. The predicted octanol–water partition coefficient (Wildman–Crippen LogP) is 4.96. The topological polar surface area (TPSA) is 107 Å². The van der Waals surface area contributed by atoms with Crippen LogP contribution in [0.5, 0.6) is 11.6 Å². The summed E-state index contributed by atoms with van der Waals surface area (Å²) in [6.07, 6.45) is 3.34. The Hall–Kier alpha value is -4.27. The van der Waals surface area contributed by atoms with E-state index in [1.807, 2.05) is 37.3 Å². The molecule has 35 heavy (non-hydrogen) atoms. The van der Waals surface area contributed by atoms with Gasteiger partial charge in [0.2, 0.25) is 11.8 Å². The molecule has 0 saturated heterocycles. The molecule has 4 rings (SSSR count). The maximum Gasteiger partial charge on any atom is 0.273 e. The summed E-state index contributed by atoms with van der Waals surface area (Å²) in [4.78, 5) is 26.1. The Labute approximate surface area is 204 Å². The van der Waals surface area contributed by atoms with Gasteiger partial charge in [-0.05, 0) is 42.8 Å². The van der Waals surface area contributed by atoms with Crippen LogP contribution in [0, 0.1) is 6.92 Å². The van der Waals surface area contributed by atoms with E-state index in [0.29, 0.717) is 34.7 Å². The zero-order valence-electron chi connectivity index (χ0n) is 20.7. The molecule has 0 fully saturated rings. The molecule has 0 bridgehead atoms. The van der Waals surface area contributed by atoms with Gasteiger partial charge in [-0.1, -0.05) is 26.8 Å². The van der Waals surface area contributed by atoms with E-state index in [1.54, 1.807) is 43.3 Å². The Balaban J connectivity index is 1.60. The molecule has 180 valence electrons.